The molecule has 134 valence electrons. The summed E-state index contributed by atoms with van der Waals surface area (Å²) < 4.78 is 5.24. The average Bonchev–Trinajstić information content (AvgIpc) is 2.59. The number of nitrogens with two attached hydrogens (primary N) is 1. The summed E-state index contributed by atoms with van der Waals surface area (Å²) in [5, 5.41) is 0. The highest BCUT2D eigenvalue weighted by Crippen LogP contribution is 2.25. The minimum Gasteiger partial charge on any atom is -0.497 e. The molecule has 5 heteroatoms. The molecule has 0 spiro atoms. The second kappa shape index (κ2) is 7.42. The molecule has 1 aliphatic rings. The van der Waals surface area contributed by atoms with Gasteiger partial charge in [0.15, 0.2) is 0 Å². The predicted molar refractivity (Wildman–Crippen MR) is 101 cm³/mol. The highest BCUT2D eigenvalue weighted by molar-refractivity contribution is 5.34. The van der Waals surface area contributed by atoms with Gasteiger partial charge in [0.1, 0.15) is 5.75 Å². The fourth-order valence-corrected chi connectivity index (χ4v) is 3.43. The Hall–Kier alpha value is -2.11. The number of piperazine rings is 1. The lowest BCUT2D eigenvalue weighted by Gasteiger charge is -2.47. The minimum atomic E-state index is 0.117. The second-order valence-electron chi connectivity index (χ2n) is 7.38. The Morgan fingerprint density at radius 2 is 1.84 bits per heavy atom. The van der Waals surface area contributed by atoms with Crippen LogP contribution in [0.2, 0.25) is 0 Å². The van der Waals surface area contributed by atoms with Crippen LogP contribution in [0.1, 0.15) is 25.1 Å². The Labute approximate surface area is 150 Å². The maximum absolute atomic E-state index is 5.72. The van der Waals surface area contributed by atoms with Gasteiger partial charge in [0.05, 0.1) is 24.7 Å². The number of pyridine rings is 1. The molecular formula is C20H28N4O. The van der Waals surface area contributed by atoms with E-state index < -0.39 is 0 Å². The smallest absolute Gasteiger partial charge is 0.118 e. The number of hydrogen-bond donors (Lipinski definition) is 1. The topological polar surface area (TPSA) is 54.6 Å². The third-order valence-electron chi connectivity index (χ3n) is 4.92. The summed E-state index contributed by atoms with van der Waals surface area (Å²) in [4.78, 5) is 9.46. The second-order valence-corrected chi connectivity index (χ2v) is 7.38. The minimum absolute atomic E-state index is 0.117. The Bertz CT molecular complexity index is 682. The number of ether oxygens (including phenoxy) is 1. The zero-order valence-electron chi connectivity index (χ0n) is 15.4. The van der Waals surface area contributed by atoms with Crippen LogP contribution in [0.25, 0.3) is 0 Å². The van der Waals surface area contributed by atoms with Crippen molar-refractivity contribution in [3.8, 4) is 5.75 Å². The first-order chi connectivity index (χ1) is 12.0. The standard InChI is InChI=1S/C20H28N4O/c1-20(2)15-23(14-18-7-6-17(21)12-22-18)10-11-24(20)13-16-4-8-19(25-3)9-5-16/h4-9,12H,10-11,13-15,21H2,1-3H3. The zero-order chi connectivity index (χ0) is 17.9. The van der Waals surface area contributed by atoms with Crippen LogP contribution in [0.4, 0.5) is 5.69 Å². The maximum Gasteiger partial charge on any atom is 0.118 e. The first kappa shape index (κ1) is 17.7. The molecule has 0 amide bonds. The molecule has 3 rings (SSSR count). The molecule has 1 aromatic carbocycles. The normalized spacial score (nSPS) is 18.2. The van der Waals surface area contributed by atoms with Gasteiger partial charge >= 0.3 is 0 Å². The van der Waals surface area contributed by atoms with Gasteiger partial charge in [-0.1, -0.05) is 12.1 Å². The monoisotopic (exact) mass is 340 g/mol. The number of rotatable bonds is 5. The number of benzene rings is 1. The molecular weight excluding hydrogens is 312 g/mol. The summed E-state index contributed by atoms with van der Waals surface area (Å²) in [6.07, 6.45) is 1.74. The van der Waals surface area contributed by atoms with Crippen molar-refractivity contribution in [2.45, 2.75) is 32.5 Å². The zero-order valence-corrected chi connectivity index (χ0v) is 15.4. The SMILES string of the molecule is COc1ccc(CN2CCN(Cc3ccc(N)cn3)CC2(C)C)cc1. The van der Waals surface area contributed by atoms with Crippen LogP contribution < -0.4 is 10.5 Å². The Kier molecular flexibility index (Phi) is 5.25. The highest BCUT2D eigenvalue weighted by Gasteiger charge is 2.33. The Morgan fingerprint density at radius 3 is 2.44 bits per heavy atom. The molecule has 1 aromatic heterocycles. The van der Waals surface area contributed by atoms with Crippen LogP contribution in [0, 0.1) is 0 Å². The maximum atomic E-state index is 5.72. The molecule has 5 nitrogen and oxygen atoms in total. The highest BCUT2D eigenvalue weighted by atomic mass is 16.5. The summed E-state index contributed by atoms with van der Waals surface area (Å²) in [5.74, 6) is 0.906. The van der Waals surface area contributed by atoms with Gasteiger partial charge in [-0.3, -0.25) is 14.8 Å². The third kappa shape index (κ3) is 4.50. The lowest BCUT2D eigenvalue weighted by atomic mass is 9.97. The van der Waals surface area contributed by atoms with E-state index in [0.29, 0.717) is 5.69 Å². The molecule has 1 saturated heterocycles. The van der Waals surface area contributed by atoms with Gasteiger partial charge in [-0.2, -0.15) is 0 Å². The van der Waals surface area contributed by atoms with Crippen molar-refractivity contribution in [1.29, 1.82) is 0 Å². The van der Waals surface area contributed by atoms with E-state index >= 15 is 0 Å². The summed E-state index contributed by atoms with van der Waals surface area (Å²) in [7, 11) is 1.70. The molecule has 0 bridgehead atoms. The van der Waals surface area contributed by atoms with E-state index in [9.17, 15) is 0 Å². The number of nitrogen functional groups attached to an aromatic ring is 1. The molecule has 0 aliphatic carbocycles. The van der Waals surface area contributed by atoms with Gasteiger partial charge in [-0.25, -0.2) is 0 Å². The van der Waals surface area contributed by atoms with E-state index in [2.05, 4.69) is 40.8 Å². The van der Waals surface area contributed by atoms with Crippen molar-refractivity contribution < 1.29 is 4.74 Å². The van der Waals surface area contributed by atoms with E-state index in [1.807, 2.05) is 24.3 Å². The van der Waals surface area contributed by atoms with Gasteiger partial charge in [0, 0.05) is 38.3 Å². The van der Waals surface area contributed by atoms with E-state index in [1.54, 1.807) is 13.3 Å². The molecule has 2 aromatic rings. The van der Waals surface area contributed by atoms with Crippen LogP contribution in [0.3, 0.4) is 0 Å². The molecule has 1 aliphatic heterocycles. The van der Waals surface area contributed by atoms with Crippen molar-refractivity contribution in [3.63, 3.8) is 0 Å². The molecule has 25 heavy (non-hydrogen) atoms. The summed E-state index contributed by atoms with van der Waals surface area (Å²) in [5.41, 5.74) is 8.95. The molecule has 1 fully saturated rings. The fourth-order valence-electron chi connectivity index (χ4n) is 3.43. The third-order valence-corrected chi connectivity index (χ3v) is 4.92. The van der Waals surface area contributed by atoms with Crippen LogP contribution in [-0.4, -0.2) is 47.1 Å². The van der Waals surface area contributed by atoms with E-state index in [4.69, 9.17) is 10.5 Å². The molecule has 0 unspecified atom stereocenters. The van der Waals surface area contributed by atoms with Gasteiger partial charge in [0.2, 0.25) is 0 Å². The first-order valence-corrected chi connectivity index (χ1v) is 8.77. The molecule has 2 heterocycles. The van der Waals surface area contributed by atoms with Gasteiger partial charge in [-0.15, -0.1) is 0 Å². The van der Waals surface area contributed by atoms with Crippen molar-refractivity contribution >= 4 is 5.69 Å². The Morgan fingerprint density at radius 1 is 1.08 bits per heavy atom. The van der Waals surface area contributed by atoms with Crippen LogP contribution in [0.15, 0.2) is 42.6 Å². The van der Waals surface area contributed by atoms with E-state index in [-0.39, 0.29) is 5.54 Å². The van der Waals surface area contributed by atoms with E-state index in [0.717, 1.165) is 44.2 Å². The van der Waals surface area contributed by atoms with Crippen molar-refractivity contribution in [2.75, 3.05) is 32.5 Å². The average molecular weight is 340 g/mol. The number of hydrogen-bond acceptors (Lipinski definition) is 5. The summed E-state index contributed by atoms with van der Waals surface area (Å²) in [6, 6.07) is 12.3. The van der Waals surface area contributed by atoms with Gasteiger partial charge < -0.3 is 10.5 Å². The Balaban J connectivity index is 1.60. The fraction of sp³-hybridized carbons (Fsp3) is 0.450. The number of nitrogens with zero attached hydrogens (tertiary/aromatic N) is 3. The molecule has 0 atom stereocenters. The van der Waals surface area contributed by atoms with Gasteiger partial charge in [0.25, 0.3) is 0 Å². The molecule has 0 radical (unpaired) electrons. The number of methoxy groups -OCH3 is 1. The van der Waals surface area contributed by atoms with Crippen LogP contribution in [0.5, 0.6) is 5.75 Å². The van der Waals surface area contributed by atoms with Crippen molar-refractivity contribution in [2.24, 2.45) is 0 Å². The lowest BCUT2D eigenvalue weighted by Crippen LogP contribution is -2.58. The lowest BCUT2D eigenvalue weighted by molar-refractivity contribution is 0.00983. The quantitative estimate of drug-likeness (QED) is 0.907. The number of aromatic nitrogens is 1. The molecule has 2 N–H and O–H groups in total. The van der Waals surface area contributed by atoms with Crippen LogP contribution in [-0.2, 0) is 13.1 Å². The summed E-state index contributed by atoms with van der Waals surface area (Å²) >= 11 is 0. The van der Waals surface area contributed by atoms with Crippen molar-refractivity contribution in [3.05, 3.63) is 53.9 Å². The summed E-state index contributed by atoms with van der Waals surface area (Å²) in [6.45, 7) is 9.60. The number of anilines is 1. The predicted octanol–water partition coefficient (Wildman–Crippen LogP) is 2.77. The van der Waals surface area contributed by atoms with Gasteiger partial charge in [-0.05, 0) is 43.7 Å². The largest absolute Gasteiger partial charge is 0.497 e. The first-order valence-electron chi connectivity index (χ1n) is 8.77. The van der Waals surface area contributed by atoms with Crippen LogP contribution >= 0.6 is 0 Å². The van der Waals surface area contributed by atoms with E-state index in [1.165, 1.54) is 5.56 Å². The van der Waals surface area contributed by atoms with Crippen molar-refractivity contribution in [1.82, 2.24) is 14.8 Å². The molecule has 0 saturated carbocycles.